The molecule has 1 aromatic carbocycles. The molecule has 0 saturated carbocycles. The van der Waals surface area contributed by atoms with Crippen LogP contribution in [-0.2, 0) is 6.42 Å². The number of fused-ring (bicyclic) bond motifs is 1. The largest absolute Gasteiger partial charge is 0.409 e. The van der Waals surface area contributed by atoms with Crippen molar-refractivity contribution in [3.8, 4) is 0 Å². The summed E-state index contributed by atoms with van der Waals surface area (Å²) in [5, 5.41) is 11.7. The number of oxime groups is 1. The van der Waals surface area contributed by atoms with E-state index in [0.717, 1.165) is 17.8 Å². The van der Waals surface area contributed by atoms with Gasteiger partial charge in [-0.3, -0.25) is 0 Å². The van der Waals surface area contributed by atoms with Gasteiger partial charge in [0.15, 0.2) is 5.84 Å². The summed E-state index contributed by atoms with van der Waals surface area (Å²) in [5.74, 6) is 0.0834. The monoisotopic (exact) mass is 266 g/mol. The molecule has 3 N–H and O–H groups in total. The summed E-state index contributed by atoms with van der Waals surface area (Å²) in [6, 6.07) is 13.8. The normalized spacial score (nSPS) is 11.9. The predicted molar refractivity (Wildman–Crippen MR) is 77.0 cm³/mol. The van der Waals surface area contributed by atoms with Gasteiger partial charge in [-0.15, -0.1) is 0 Å². The Morgan fingerprint density at radius 3 is 2.80 bits per heavy atom. The minimum absolute atomic E-state index is 0.0834. The first kappa shape index (κ1) is 12.2. The van der Waals surface area contributed by atoms with Gasteiger partial charge in [-0.05, 0) is 17.7 Å². The quantitative estimate of drug-likeness (QED) is 0.329. The summed E-state index contributed by atoms with van der Waals surface area (Å²) in [6.45, 7) is 0. The van der Waals surface area contributed by atoms with Crippen molar-refractivity contribution < 1.29 is 5.21 Å². The number of imidazole rings is 1. The molecule has 5 nitrogen and oxygen atoms in total. The predicted octanol–water partition coefficient (Wildman–Crippen LogP) is 2.02. The van der Waals surface area contributed by atoms with Crippen molar-refractivity contribution in [1.29, 1.82) is 0 Å². The smallest absolute Gasteiger partial charge is 0.170 e. The fraction of sp³-hybridized carbons (Fsp3) is 0.0667. The number of nitrogens with zero attached hydrogens (tertiary/aromatic N) is 3. The zero-order valence-corrected chi connectivity index (χ0v) is 10.8. The first-order valence-electron chi connectivity index (χ1n) is 6.26. The van der Waals surface area contributed by atoms with Crippen LogP contribution in [0, 0.1) is 0 Å². The van der Waals surface area contributed by atoms with Gasteiger partial charge in [0.25, 0.3) is 0 Å². The molecule has 0 aliphatic rings. The summed E-state index contributed by atoms with van der Waals surface area (Å²) in [6.07, 6.45) is 4.62. The Morgan fingerprint density at radius 1 is 1.25 bits per heavy atom. The first-order chi connectivity index (χ1) is 9.76. The molecule has 2 heterocycles. The maximum absolute atomic E-state index is 8.70. The van der Waals surface area contributed by atoms with Gasteiger partial charge in [0.1, 0.15) is 5.65 Å². The van der Waals surface area contributed by atoms with E-state index in [2.05, 4.69) is 22.3 Å². The van der Waals surface area contributed by atoms with Gasteiger partial charge in [-0.2, -0.15) is 0 Å². The van der Waals surface area contributed by atoms with Crippen molar-refractivity contribution in [2.24, 2.45) is 10.9 Å². The number of benzene rings is 1. The van der Waals surface area contributed by atoms with E-state index in [9.17, 15) is 0 Å². The van der Waals surface area contributed by atoms with Crippen LogP contribution in [0.5, 0.6) is 0 Å². The molecule has 0 atom stereocenters. The molecule has 0 aliphatic heterocycles. The molecule has 2 aromatic heterocycles. The summed E-state index contributed by atoms with van der Waals surface area (Å²) < 4.78 is 1.92. The second-order valence-corrected chi connectivity index (χ2v) is 4.56. The Balaban J connectivity index is 1.95. The Bertz CT molecular complexity index is 762. The lowest BCUT2D eigenvalue weighted by Gasteiger charge is -1.98. The number of amidine groups is 1. The second kappa shape index (κ2) is 5.05. The summed E-state index contributed by atoms with van der Waals surface area (Å²) >= 11 is 0. The van der Waals surface area contributed by atoms with Gasteiger partial charge in [0, 0.05) is 24.4 Å². The van der Waals surface area contributed by atoms with E-state index in [1.165, 1.54) is 5.56 Å². The average molecular weight is 266 g/mol. The van der Waals surface area contributed by atoms with E-state index >= 15 is 0 Å². The van der Waals surface area contributed by atoms with Crippen LogP contribution in [0.15, 0.2) is 60.0 Å². The third-order valence-corrected chi connectivity index (χ3v) is 3.14. The molecule has 0 bridgehead atoms. The highest BCUT2D eigenvalue weighted by Gasteiger charge is 2.05. The molecule has 3 aromatic rings. The molecule has 100 valence electrons. The maximum Gasteiger partial charge on any atom is 0.170 e. The van der Waals surface area contributed by atoms with E-state index in [1.807, 2.05) is 35.0 Å². The number of hydrogen-bond donors (Lipinski definition) is 2. The highest BCUT2D eigenvalue weighted by atomic mass is 16.4. The highest BCUT2D eigenvalue weighted by molar-refractivity contribution is 5.97. The molecule has 5 heteroatoms. The lowest BCUT2D eigenvalue weighted by Crippen LogP contribution is -2.13. The van der Waals surface area contributed by atoms with Crippen LogP contribution in [-0.4, -0.2) is 20.4 Å². The minimum atomic E-state index is 0.0834. The van der Waals surface area contributed by atoms with Crippen molar-refractivity contribution in [2.75, 3.05) is 0 Å². The van der Waals surface area contributed by atoms with Crippen LogP contribution in [0.1, 0.15) is 16.8 Å². The highest BCUT2D eigenvalue weighted by Crippen LogP contribution is 2.12. The standard InChI is InChI=1S/C15H14N4O/c16-15(18-20)12-6-7-19-10-13(17-14(19)9-12)8-11-4-2-1-3-5-11/h1-7,9-10,20H,8H2,(H2,16,18). The number of nitrogens with two attached hydrogens (primary N) is 1. The van der Waals surface area contributed by atoms with Gasteiger partial charge in [0.2, 0.25) is 0 Å². The summed E-state index contributed by atoms with van der Waals surface area (Å²) in [4.78, 5) is 4.56. The zero-order valence-electron chi connectivity index (χ0n) is 10.8. The van der Waals surface area contributed by atoms with Gasteiger partial charge >= 0.3 is 0 Å². The average Bonchev–Trinajstić information content (AvgIpc) is 2.88. The Morgan fingerprint density at radius 2 is 2.05 bits per heavy atom. The molecule has 0 fully saturated rings. The molecular formula is C15H14N4O. The van der Waals surface area contributed by atoms with Crippen LogP contribution in [0.25, 0.3) is 5.65 Å². The lowest BCUT2D eigenvalue weighted by molar-refractivity contribution is 0.318. The SMILES string of the molecule is N/C(=N\O)c1ccn2cc(Cc3ccccc3)nc2c1. The third-order valence-electron chi connectivity index (χ3n) is 3.14. The van der Waals surface area contributed by atoms with Crippen molar-refractivity contribution in [1.82, 2.24) is 9.38 Å². The minimum Gasteiger partial charge on any atom is -0.409 e. The molecule has 0 unspecified atom stereocenters. The maximum atomic E-state index is 8.70. The summed E-state index contributed by atoms with van der Waals surface area (Å²) in [5.41, 5.74) is 9.20. The molecule has 20 heavy (non-hydrogen) atoms. The van der Waals surface area contributed by atoms with E-state index < -0.39 is 0 Å². The van der Waals surface area contributed by atoms with E-state index in [1.54, 1.807) is 12.1 Å². The molecule has 0 amide bonds. The van der Waals surface area contributed by atoms with Gasteiger partial charge in [-0.1, -0.05) is 35.5 Å². The zero-order chi connectivity index (χ0) is 13.9. The van der Waals surface area contributed by atoms with Crippen LogP contribution in [0.3, 0.4) is 0 Å². The Labute approximate surface area is 116 Å². The van der Waals surface area contributed by atoms with Crippen molar-refractivity contribution in [3.63, 3.8) is 0 Å². The summed E-state index contributed by atoms with van der Waals surface area (Å²) in [7, 11) is 0. The Kier molecular flexibility index (Phi) is 3.09. The fourth-order valence-electron chi connectivity index (χ4n) is 2.14. The van der Waals surface area contributed by atoms with Crippen molar-refractivity contribution in [2.45, 2.75) is 6.42 Å². The van der Waals surface area contributed by atoms with Crippen LogP contribution >= 0.6 is 0 Å². The second-order valence-electron chi connectivity index (χ2n) is 4.56. The molecule has 0 spiro atoms. The fourth-order valence-corrected chi connectivity index (χ4v) is 2.14. The molecule has 0 radical (unpaired) electrons. The first-order valence-corrected chi connectivity index (χ1v) is 6.26. The van der Waals surface area contributed by atoms with Crippen LogP contribution < -0.4 is 5.73 Å². The Hall–Kier alpha value is -2.82. The topological polar surface area (TPSA) is 75.9 Å². The molecule has 0 aliphatic carbocycles. The molecule has 0 saturated heterocycles. The number of pyridine rings is 1. The van der Waals surface area contributed by atoms with Crippen molar-refractivity contribution in [3.05, 3.63) is 71.7 Å². The number of hydrogen-bond acceptors (Lipinski definition) is 3. The van der Waals surface area contributed by atoms with E-state index in [-0.39, 0.29) is 5.84 Å². The van der Waals surface area contributed by atoms with Gasteiger partial charge in [-0.25, -0.2) is 4.98 Å². The lowest BCUT2D eigenvalue weighted by atomic mass is 10.1. The van der Waals surface area contributed by atoms with Crippen LogP contribution in [0.2, 0.25) is 0 Å². The van der Waals surface area contributed by atoms with E-state index in [4.69, 9.17) is 10.9 Å². The van der Waals surface area contributed by atoms with Crippen molar-refractivity contribution >= 4 is 11.5 Å². The molecule has 3 rings (SSSR count). The number of aromatic nitrogens is 2. The van der Waals surface area contributed by atoms with Crippen LogP contribution in [0.4, 0.5) is 0 Å². The van der Waals surface area contributed by atoms with Gasteiger partial charge in [0.05, 0.1) is 5.69 Å². The number of rotatable bonds is 3. The third kappa shape index (κ3) is 2.33. The molecular weight excluding hydrogens is 252 g/mol. The van der Waals surface area contributed by atoms with Gasteiger partial charge < -0.3 is 15.3 Å². The van der Waals surface area contributed by atoms with E-state index in [0.29, 0.717) is 5.56 Å².